The van der Waals surface area contributed by atoms with E-state index < -0.39 is 0 Å². The van der Waals surface area contributed by atoms with E-state index in [9.17, 15) is 0 Å². The Balaban J connectivity index is 1.26. The van der Waals surface area contributed by atoms with Gasteiger partial charge < -0.3 is 4.42 Å². The molecule has 4 aromatic heterocycles. The van der Waals surface area contributed by atoms with Crippen LogP contribution in [0.5, 0.6) is 0 Å². The van der Waals surface area contributed by atoms with Gasteiger partial charge in [-0.2, -0.15) is 0 Å². The van der Waals surface area contributed by atoms with Crippen molar-refractivity contribution in [2.45, 2.75) is 0 Å². The smallest absolute Gasteiger partial charge is 0.196 e. The molecule has 0 spiro atoms. The molecule has 9 rings (SSSR count). The first kappa shape index (κ1) is 28.5. The first-order valence-electron chi connectivity index (χ1n) is 16.2. The quantitative estimate of drug-likeness (QED) is 0.183. The molecule has 5 nitrogen and oxygen atoms in total. The van der Waals surface area contributed by atoms with Crippen molar-refractivity contribution in [1.82, 2.24) is 19.9 Å². The van der Waals surface area contributed by atoms with Gasteiger partial charge in [-0.1, -0.05) is 103 Å². The Hall–Kier alpha value is -6.72. The minimum atomic E-state index is 0.523. The van der Waals surface area contributed by atoms with Gasteiger partial charge in [0.25, 0.3) is 0 Å². The lowest BCUT2D eigenvalue weighted by Crippen LogP contribution is -1.96. The van der Waals surface area contributed by atoms with Crippen molar-refractivity contribution < 1.29 is 4.42 Å². The Morgan fingerprint density at radius 3 is 1.55 bits per heavy atom. The number of hydrogen-bond donors (Lipinski definition) is 0. The number of para-hydroxylation sites is 2. The predicted molar refractivity (Wildman–Crippen MR) is 198 cm³/mol. The predicted octanol–water partition coefficient (Wildman–Crippen LogP) is 11.2. The van der Waals surface area contributed by atoms with Gasteiger partial charge in [-0.3, -0.25) is 9.97 Å². The maximum absolute atomic E-state index is 5.82. The number of aromatic nitrogens is 4. The Bertz CT molecular complexity index is 2490. The van der Waals surface area contributed by atoms with E-state index >= 15 is 0 Å². The van der Waals surface area contributed by atoms with Gasteiger partial charge in [-0.15, -0.1) is 0 Å². The zero-order valence-electron chi connectivity index (χ0n) is 26.4. The Morgan fingerprint density at radius 1 is 0.388 bits per heavy atom. The highest BCUT2D eigenvalue weighted by Crippen LogP contribution is 2.38. The molecule has 0 amide bonds. The molecule has 49 heavy (non-hydrogen) atoms. The number of furan rings is 1. The molecule has 0 aliphatic carbocycles. The topological polar surface area (TPSA) is 64.7 Å². The SMILES string of the molecule is c1ccc(-c2ccc(-c3cc(-c4cc(-c5cccc6cccnc56)cc(-c5cccc6cccnc56)c4)nc(-c4ccco4)n3)cc2)cc1. The van der Waals surface area contributed by atoms with Crippen LogP contribution in [0.4, 0.5) is 0 Å². The molecule has 230 valence electrons. The monoisotopic (exact) mass is 628 g/mol. The molecule has 0 aliphatic heterocycles. The first-order valence-corrected chi connectivity index (χ1v) is 16.2. The molecule has 0 unspecified atom stereocenters. The van der Waals surface area contributed by atoms with Crippen LogP contribution in [0, 0.1) is 0 Å². The standard InChI is InChI=1S/C44H28N4O/c1-2-9-29(10-3-1)30-18-20-31(21-19-30)39-28-40(48-44(47-39)41-17-8-24-49-41)36-26-34(37-15-4-11-32-13-6-22-45-42(32)37)25-35(27-36)38-16-5-12-33-14-7-23-46-43(33)38/h1-28H. The summed E-state index contributed by atoms with van der Waals surface area (Å²) >= 11 is 0. The highest BCUT2D eigenvalue weighted by atomic mass is 16.3. The highest BCUT2D eigenvalue weighted by Gasteiger charge is 2.17. The summed E-state index contributed by atoms with van der Waals surface area (Å²) in [6.07, 6.45) is 5.35. The van der Waals surface area contributed by atoms with Crippen LogP contribution in [-0.2, 0) is 0 Å². The normalized spacial score (nSPS) is 11.3. The molecular weight excluding hydrogens is 601 g/mol. The highest BCUT2D eigenvalue weighted by molar-refractivity contribution is 5.98. The third-order valence-corrected chi connectivity index (χ3v) is 8.87. The van der Waals surface area contributed by atoms with Crippen molar-refractivity contribution in [1.29, 1.82) is 0 Å². The lowest BCUT2D eigenvalue weighted by Gasteiger charge is -2.14. The number of nitrogens with zero attached hydrogens (tertiary/aromatic N) is 4. The van der Waals surface area contributed by atoms with Crippen LogP contribution in [0.25, 0.3) is 89.3 Å². The van der Waals surface area contributed by atoms with Crippen LogP contribution >= 0.6 is 0 Å². The number of benzene rings is 5. The second-order valence-corrected chi connectivity index (χ2v) is 11.9. The summed E-state index contributed by atoms with van der Waals surface area (Å²) in [6, 6.07) is 52.1. The molecule has 9 aromatic rings. The van der Waals surface area contributed by atoms with E-state index in [1.165, 1.54) is 5.56 Å². The summed E-state index contributed by atoms with van der Waals surface area (Å²) in [7, 11) is 0. The largest absolute Gasteiger partial charge is 0.461 e. The number of pyridine rings is 2. The molecule has 0 bridgehead atoms. The van der Waals surface area contributed by atoms with Crippen LogP contribution in [0.2, 0.25) is 0 Å². The van der Waals surface area contributed by atoms with E-state index in [1.807, 2.05) is 42.7 Å². The third kappa shape index (κ3) is 5.43. The summed E-state index contributed by atoms with van der Waals surface area (Å²) in [5, 5.41) is 2.17. The fourth-order valence-electron chi connectivity index (χ4n) is 6.48. The molecular formula is C44H28N4O. The summed E-state index contributed by atoms with van der Waals surface area (Å²) in [5.41, 5.74) is 11.9. The molecule has 0 N–H and O–H groups in total. The van der Waals surface area contributed by atoms with Crippen molar-refractivity contribution in [3.05, 3.63) is 170 Å². The van der Waals surface area contributed by atoms with Gasteiger partial charge in [0, 0.05) is 45.4 Å². The molecule has 0 fully saturated rings. The molecule has 4 heterocycles. The number of hydrogen-bond acceptors (Lipinski definition) is 5. The van der Waals surface area contributed by atoms with E-state index in [0.717, 1.165) is 72.1 Å². The van der Waals surface area contributed by atoms with Gasteiger partial charge in [0.05, 0.1) is 28.7 Å². The molecule has 5 heteroatoms. The van der Waals surface area contributed by atoms with Gasteiger partial charge >= 0.3 is 0 Å². The van der Waals surface area contributed by atoms with Crippen molar-refractivity contribution in [2.75, 3.05) is 0 Å². The maximum Gasteiger partial charge on any atom is 0.196 e. The second-order valence-electron chi connectivity index (χ2n) is 11.9. The van der Waals surface area contributed by atoms with Crippen molar-refractivity contribution in [3.63, 3.8) is 0 Å². The van der Waals surface area contributed by atoms with Gasteiger partial charge in [-0.05, 0) is 70.8 Å². The Kier molecular flexibility index (Phi) is 7.06. The average Bonchev–Trinajstić information content (AvgIpc) is 3.73. The summed E-state index contributed by atoms with van der Waals surface area (Å²) in [6.45, 7) is 0. The zero-order chi connectivity index (χ0) is 32.6. The zero-order valence-corrected chi connectivity index (χ0v) is 26.4. The minimum Gasteiger partial charge on any atom is -0.461 e. The number of fused-ring (bicyclic) bond motifs is 2. The fourth-order valence-corrected chi connectivity index (χ4v) is 6.48. The fraction of sp³-hybridized carbons (Fsp3) is 0. The average molecular weight is 629 g/mol. The van der Waals surface area contributed by atoms with Crippen molar-refractivity contribution in [3.8, 4) is 67.5 Å². The minimum absolute atomic E-state index is 0.523. The summed E-state index contributed by atoms with van der Waals surface area (Å²) in [4.78, 5) is 19.7. The Labute approximate surface area is 283 Å². The summed E-state index contributed by atoms with van der Waals surface area (Å²) < 4.78 is 5.82. The van der Waals surface area contributed by atoms with Gasteiger partial charge in [0.2, 0.25) is 0 Å². The number of rotatable bonds is 6. The lowest BCUT2D eigenvalue weighted by molar-refractivity contribution is 0.577. The lowest BCUT2D eigenvalue weighted by atomic mass is 9.92. The maximum atomic E-state index is 5.82. The molecule has 0 saturated carbocycles. The van der Waals surface area contributed by atoms with E-state index in [4.69, 9.17) is 24.4 Å². The second kappa shape index (κ2) is 12.1. The Morgan fingerprint density at radius 2 is 0.939 bits per heavy atom. The molecule has 0 radical (unpaired) electrons. The van der Waals surface area contributed by atoms with Crippen LogP contribution in [-0.4, -0.2) is 19.9 Å². The molecule has 0 atom stereocenters. The van der Waals surface area contributed by atoms with Crippen LogP contribution in [0.3, 0.4) is 0 Å². The third-order valence-electron chi connectivity index (χ3n) is 8.87. The van der Waals surface area contributed by atoms with Crippen LogP contribution in [0.15, 0.2) is 175 Å². The molecule has 0 saturated heterocycles. The van der Waals surface area contributed by atoms with Crippen molar-refractivity contribution >= 4 is 21.8 Å². The van der Waals surface area contributed by atoms with Crippen molar-refractivity contribution in [2.24, 2.45) is 0 Å². The van der Waals surface area contributed by atoms with E-state index in [-0.39, 0.29) is 0 Å². The van der Waals surface area contributed by atoms with Gasteiger partial charge in [0.1, 0.15) is 0 Å². The molecule has 0 aliphatic rings. The van der Waals surface area contributed by atoms with Crippen LogP contribution in [0.1, 0.15) is 0 Å². The van der Waals surface area contributed by atoms with Gasteiger partial charge in [-0.25, -0.2) is 9.97 Å². The molecule has 5 aromatic carbocycles. The first-order chi connectivity index (χ1) is 24.3. The van der Waals surface area contributed by atoms with E-state index in [0.29, 0.717) is 11.6 Å². The van der Waals surface area contributed by atoms with E-state index in [2.05, 4.69) is 121 Å². The van der Waals surface area contributed by atoms with Gasteiger partial charge in [0.15, 0.2) is 11.6 Å². The van der Waals surface area contributed by atoms with Crippen LogP contribution < -0.4 is 0 Å². The summed E-state index contributed by atoms with van der Waals surface area (Å²) in [5.74, 6) is 1.13. The van der Waals surface area contributed by atoms with E-state index in [1.54, 1.807) is 6.26 Å².